The van der Waals surface area contributed by atoms with Crippen LogP contribution < -0.4 is 14.8 Å². The molecule has 0 radical (unpaired) electrons. The van der Waals surface area contributed by atoms with Crippen LogP contribution in [0.4, 0.5) is 14.5 Å². The van der Waals surface area contributed by atoms with E-state index in [0.29, 0.717) is 0 Å². The van der Waals surface area contributed by atoms with Crippen LogP contribution in [0.15, 0.2) is 35.7 Å². The van der Waals surface area contributed by atoms with E-state index in [2.05, 4.69) is 14.8 Å². The Balaban J connectivity index is 1.50. The molecule has 0 spiro atoms. The Hall–Kier alpha value is -2.68. The molecule has 2 heterocycles. The Bertz CT molecular complexity index is 763. The molecular formula is C15H11F2NO5S. The molecule has 1 amide bonds. The van der Waals surface area contributed by atoms with Crippen molar-refractivity contribution in [2.24, 2.45) is 0 Å². The highest BCUT2D eigenvalue weighted by molar-refractivity contribution is 7.10. The number of anilines is 1. The summed E-state index contributed by atoms with van der Waals surface area (Å²) in [6.45, 7) is -0.477. The van der Waals surface area contributed by atoms with Gasteiger partial charge in [0.1, 0.15) is 0 Å². The number of halogens is 2. The molecule has 2 aromatic rings. The monoisotopic (exact) mass is 355 g/mol. The average Bonchev–Trinajstić information content (AvgIpc) is 3.10. The number of hydrogen-bond donors (Lipinski definition) is 1. The van der Waals surface area contributed by atoms with E-state index in [4.69, 9.17) is 4.74 Å². The lowest BCUT2D eigenvalue weighted by molar-refractivity contribution is -0.286. The van der Waals surface area contributed by atoms with Crippen molar-refractivity contribution in [2.75, 3.05) is 11.9 Å². The lowest BCUT2D eigenvalue weighted by Gasteiger charge is -2.07. The van der Waals surface area contributed by atoms with Crippen LogP contribution in [-0.2, 0) is 20.7 Å². The van der Waals surface area contributed by atoms with Crippen LogP contribution in [0.25, 0.3) is 0 Å². The fourth-order valence-electron chi connectivity index (χ4n) is 1.98. The Morgan fingerprint density at radius 3 is 2.75 bits per heavy atom. The van der Waals surface area contributed by atoms with Crippen LogP contribution in [-0.4, -0.2) is 24.8 Å². The number of ether oxygens (including phenoxy) is 3. The van der Waals surface area contributed by atoms with E-state index in [1.165, 1.54) is 29.5 Å². The summed E-state index contributed by atoms with van der Waals surface area (Å²) >= 11 is 1.41. The number of thiophene rings is 1. The third-order valence-corrected chi connectivity index (χ3v) is 3.82. The lowest BCUT2D eigenvalue weighted by Crippen LogP contribution is -2.25. The standard InChI is InChI=1S/C15H11F2NO5S/c16-15(17)22-11-4-3-9(6-12(11)23-15)18-13(19)8-21-14(20)7-10-2-1-5-24-10/h1-6H,7-8H2,(H,18,19). The predicted octanol–water partition coefficient (Wildman–Crippen LogP) is 2.79. The van der Waals surface area contributed by atoms with E-state index in [0.717, 1.165) is 4.88 Å². The summed E-state index contributed by atoms with van der Waals surface area (Å²) in [5, 5.41) is 4.25. The summed E-state index contributed by atoms with van der Waals surface area (Å²) in [4.78, 5) is 24.1. The molecule has 0 saturated heterocycles. The van der Waals surface area contributed by atoms with Gasteiger partial charge >= 0.3 is 12.3 Å². The van der Waals surface area contributed by atoms with Crippen molar-refractivity contribution in [3.63, 3.8) is 0 Å². The van der Waals surface area contributed by atoms with E-state index in [1.807, 2.05) is 11.4 Å². The van der Waals surface area contributed by atoms with E-state index in [1.54, 1.807) is 6.07 Å². The minimum atomic E-state index is -3.72. The van der Waals surface area contributed by atoms with Crippen molar-refractivity contribution in [2.45, 2.75) is 12.7 Å². The fourth-order valence-corrected chi connectivity index (χ4v) is 2.67. The molecule has 1 aliphatic rings. The average molecular weight is 355 g/mol. The van der Waals surface area contributed by atoms with Gasteiger partial charge in [0.2, 0.25) is 0 Å². The SMILES string of the molecule is O=C(COC(=O)Cc1cccs1)Nc1ccc2c(c1)OC(F)(F)O2. The number of alkyl halides is 2. The van der Waals surface area contributed by atoms with Gasteiger partial charge in [-0.2, -0.15) is 0 Å². The van der Waals surface area contributed by atoms with Crippen molar-refractivity contribution < 1.29 is 32.6 Å². The number of benzene rings is 1. The first kappa shape index (κ1) is 16.2. The van der Waals surface area contributed by atoms with Gasteiger partial charge in [-0.05, 0) is 23.6 Å². The van der Waals surface area contributed by atoms with Gasteiger partial charge in [-0.15, -0.1) is 20.1 Å². The van der Waals surface area contributed by atoms with Gasteiger partial charge < -0.3 is 19.5 Å². The molecule has 3 rings (SSSR count). The maximum atomic E-state index is 12.9. The summed E-state index contributed by atoms with van der Waals surface area (Å²) in [6, 6.07) is 7.41. The molecule has 0 saturated carbocycles. The van der Waals surface area contributed by atoms with Crippen molar-refractivity contribution in [1.82, 2.24) is 0 Å². The fraction of sp³-hybridized carbons (Fsp3) is 0.200. The van der Waals surface area contributed by atoms with Gasteiger partial charge in [0.05, 0.1) is 6.42 Å². The van der Waals surface area contributed by atoms with Crippen LogP contribution in [0, 0.1) is 0 Å². The van der Waals surface area contributed by atoms with Gasteiger partial charge in [-0.25, -0.2) is 0 Å². The zero-order chi connectivity index (χ0) is 17.2. The quantitative estimate of drug-likeness (QED) is 0.835. The first-order chi connectivity index (χ1) is 11.4. The Kier molecular flexibility index (Phi) is 4.34. The Morgan fingerprint density at radius 2 is 2.00 bits per heavy atom. The molecule has 9 heteroatoms. The zero-order valence-corrected chi connectivity index (χ0v) is 12.9. The number of rotatable bonds is 5. The molecule has 0 unspecified atom stereocenters. The highest BCUT2D eigenvalue weighted by atomic mass is 32.1. The van der Waals surface area contributed by atoms with Gasteiger partial charge in [-0.3, -0.25) is 9.59 Å². The van der Waals surface area contributed by atoms with Crippen LogP contribution in [0.3, 0.4) is 0 Å². The van der Waals surface area contributed by atoms with Crippen molar-refractivity contribution >= 4 is 28.9 Å². The second-order valence-electron chi connectivity index (χ2n) is 4.79. The molecule has 1 aromatic heterocycles. The number of carbonyl (C=O) groups is 2. The van der Waals surface area contributed by atoms with Crippen LogP contribution in [0.2, 0.25) is 0 Å². The van der Waals surface area contributed by atoms with Crippen LogP contribution in [0.5, 0.6) is 11.5 Å². The van der Waals surface area contributed by atoms with Crippen LogP contribution >= 0.6 is 11.3 Å². The normalized spacial score (nSPS) is 14.2. The largest absolute Gasteiger partial charge is 0.586 e. The predicted molar refractivity (Wildman–Crippen MR) is 80.3 cm³/mol. The van der Waals surface area contributed by atoms with E-state index in [-0.39, 0.29) is 23.6 Å². The number of esters is 1. The number of carbonyl (C=O) groups excluding carboxylic acids is 2. The van der Waals surface area contributed by atoms with Crippen molar-refractivity contribution in [1.29, 1.82) is 0 Å². The smallest absolute Gasteiger partial charge is 0.455 e. The van der Waals surface area contributed by atoms with Gasteiger partial charge in [0.25, 0.3) is 5.91 Å². The minimum absolute atomic E-state index is 0.0874. The molecule has 0 bridgehead atoms. The highest BCUT2D eigenvalue weighted by Gasteiger charge is 2.43. The first-order valence-electron chi connectivity index (χ1n) is 6.79. The summed E-state index contributed by atoms with van der Waals surface area (Å²) in [7, 11) is 0. The highest BCUT2D eigenvalue weighted by Crippen LogP contribution is 2.42. The minimum Gasteiger partial charge on any atom is -0.455 e. The van der Waals surface area contributed by atoms with E-state index in [9.17, 15) is 18.4 Å². The van der Waals surface area contributed by atoms with Crippen LogP contribution in [0.1, 0.15) is 4.88 Å². The molecule has 1 aliphatic heterocycles. The van der Waals surface area contributed by atoms with Crippen molar-refractivity contribution in [3.05, 3.63) is 40.6 Å². The van der Waals surface area contributed by atoms with Crippen molar-refractivity contribution in [3.8, 4) is 11.5 Å². The molecule has 6 nitrogen and oxygen atoms in total. The van der Waals surface area contributed by atoms with Gasteiger partial charge in [0, 0.05) is 16.6 Å². The summed E-state index contributed by atoms with van der Waals surface area (Å²) in [5.41, 5.74) is 0.217. The van der Waals surface area contributed by atoms with E-state index < -0.39 is 24.8 Å². The number of hydrogen-bond acceptors (Lipinski definition) is 6. The second-order valence-corrected chi connectivity index (χ2v) is 5.83. The van der Waals surface area contributed by atoms with E-state index >= 15 is 0 Å². The topological polar surface area (TPSA) is 73.9 Å². The second kappa shape index (κ2) is 6.44. The third kappa shape index (κ3) is 3.99. The molecule has 1 aromatic carbocycles. The Morgan fingerprint density at radius 1 is 1.21 bits per heavy atom. The molecule has 1 N–H and O–H groups in total. The van der Waals surface area contributed by atoms with Gasteiger partial charge in [-0.1, -0.05) is 6.07 Å². The third-order valence-electron chi connectivity index (χ3n) is 2.95. The summed E-state index contributed by atoms with van der Waals surface area (Å²) < 4.78 is 39.2. The molecule has 0 aliphatic carbocycles. The van der Waals surface area contributed by atoms with Gasteiger partial charge in [0.15, 0.2) is 18.1 Å². The summed E-state index contributed by atoms with van der Waals surface area (Å²) in [5.74, 6) is -1.44. The number of amides is 1. The molecule has 126 valence electrons. The molecular weight excluding hydrogens is 344 g/mol. The zero-order valence-electron chi connectivity index (χ0n) is 12.1. The maximum absolute atomic E-state index is 12.9. The molecule has 0 fully saturated rings. The molecule has 24 heavy (non-hydrogen) atoms. The first-order valence-corrected chi connectivity index (χ1v) is 7.67. The number of fused-ring (bicyclic) bond motifs is 1. The summed E-state index contributed by atoms with van der Waals surface area (Å²) in [6.07, 6.45) is -3.63. The lowest BCUT2D eigenvalue weighted by atomic mass is 10.3. The maximum Gasteiger partial charge on any atom is 0.586 e. The molecule has 0 atom stereocenters. The Labute approximate surface area is 138 Å². The number of nitrogens with one attached hydrogen (secondary N) is 1.